The van der Waals surface area contributed by atoms with Gasteiger partial charge in [-0.15, -0.1) is 0 Å². The number of fused-ring (bicyclic) bond motifs is 1. The van der Waals surface area contributed by atoms with Gasteiger partial charge in [-0.25, -0.2) is 9.50 Å². The first-order chi connectivity index (χ1) is 20.4. The van der Waals surface area contributed by atoms with E-state index in [4.69, 9.17) is 9.47 Å². The number of benzene rings is 2. The van der Waals surface area contributed by atoms with E-state index in [2.05, 4.69) is 10.1 Å². The number of aliphatic hydroxyl groups excluding tert-OH is 1. The number of alkyl halides is 3. The maximum absolute atomic E-state index is 14.4. The second-order valence-corrected chi connectivity index (χ2v) is 10.5. The highest BCUT2D eigenvalue weighted by molar-refractivity contribution is 6.00. The van der Waals surface area contributed by atoms with E-state index >= 15 is 0 Å². The molecule has 9 nitrogen and oxygen atoms in total. The maximum atomic E-state index is 14.4. The highest BCUT2D eigenvalue weighted by Gasteiger charge is 2.39. The van der Waals surface area contributed by atoms with Crippen LogP contribution in [0.25, 0.3) is 16.9 Å². The van der Waals surface area contributed by atoms with Crippen LogP contribution in [0.5, 0.6) is 11.5 Å². The molecule has 12 heteroatoms. The minimum atomic E-state index is -4.75. The molecule has 0 saturated carbocycles. The molecule has 230 valence electrons. The lowest BCUT2D eigenvalue weighted by Gasteiger charge is -2.32. The molecule has 2 aromatic carbocycles. The van der Waals surface area contributed by atoms with Gasteiger partial charge in [0.05, 0.1) is 38.8 Å². The molecule has 0 aliphatic heterocycles. The molecule has 0 fully saturated rings. The van der Waals surface area contributed by atoms with Crippen molar-refractivity contribution in [3.63, 3.8) is 0 Å². The van der Waals surface area contributed by atoms with Crippen molar-refractivity contribution in [3.8, 4) is 22.8 Å². The number of amides is 1. The molecule has 0 aliphatic carbocycles. The van der Waals surface area contributed by atoms with Crippen LogP contribution >= 0.6 is 0 Å². The number of carbonyl (C=O) groups excluding carboxylic acids is 1. The number of likely N-dealkylation sites (N-methyl/N-ethyl adjacent to an activating group) is 1. The number of aromatic nitrogens is 3. The Hall–Kier alpha value is -4.16. The Balaban J connectivity index is 1.69. The zero-order valence-electron chi connectivity index (χ0n) is 25.0. The molecule has 0 bridgehead atoms. The van der Waals surface area contributed by atoms with Crippen LogP contribution in [0.3, 0.4) is 0 Å². The van der Waals surface area contributed by atoms with Gasteiger partial charge in [0.2, 0.25) is 0 Å². The minimum absolute atomic E-state index is 0.0388. The molecule has 4 aromatic rings. The zero-order valence-corrected chi connectivity index (χ0v) is 25.0. The third-order valence-corrected chi connectivity index (χ3v) is 7.51. The number of rotatable bonds is 11. The molecule has 0 unspecified atom stereocenters. The molecule has 2 heterocycles. The van der Waals surface area contributed by atoms with Gasteiger partial charge in [-0.05, 0) is 69.8 Å². The lowest BCUT2D eigenvalue weighted by Crippen LogP contribution is -2.43. The summed E-state index contributed by atoms with van der Waals surface area (Å²) in [6.07, 6.45) is -3.61. The Morgan fingerprint density at radius 2 is 1.72 bits per heavy atom. The predicted octanol–water partition coefficient (Wildman–Crippen LogP) is 5.26. The van der Waals surface area contributed by atoms with Crippen LogP contribution in [-0.4, -0.2) is 82.4 Å². The van der Waals surface area contributed by atoms with Crippen molar-refractivity contribution in [2.24, 2.45) is 0 Å². The minimum Gasteiger partial charge on any atom is -0.497 e. The molecule has 1 amide bonds. The summed E-state index contributed by atoms with van der Waals surface area (Å²) in [7, 11) is 4.90. The van der Waals surface area contributed by atoms with Crippen LogP contribution in [0.1, 0.15) is 47.1 Å². The standard InChI is InChI=1S/C31H36F3N5O4/c1-19(2)38(15-14-37(4)26(18-40)22-8-7-9-24(16-22)43-6)30(41)25-17-35-39-28(31(32,33)34)20(3)27(36-29(25)39)21-10-12-23(42-5)13-11-21/h7-13,16-17,19,26,40H,14-15,18H2,1-6H3/t26-/m0/s1. The van der Waals surface area contributed by atoms with E-state index < -0.39 is 17.8 Å². The second-order valence-electron chi connectivity index (χ2n) is 10.5. The van der Waals surface area contributed by atoms with E-state index in [1.165, 1.54) is 14.0 Å². The van der Waals surface area contributed by atoms with Crippen molar-refractivity contribution in [3.05, 3.63) is 77.1 Å². The van der Waals surface area contributed by atoms with Gasteiger partial charge in [0, 0.05) is 30.3 Å². The third-order valence-electron chi connectivity index (χ3n) is 7.51. The van der Waals surface area contributed by atoms with Gasteiger partial charge in [-0.3, -0.25) is 9.69 Å². The number of nitrogens with zero attached hydrogens (tertiary/aromatic N) is 5. The van der Waals surface area contributed by atoms with Crippen LogP contribution in [0.2, 0.25) is 0 Å². The summed E-state index contributed by atoms with van der Waals surface area (Å²) in [6.45, 7) is 5.46. The Kier molecular flexibility index (Phi) is 9.61. The van der Waals surface area contributed by atoms with Crippen molar-refractivity contribution in [1.82, 2.24) is 24.4 Å². The summed E-state index contributed by atoms with van der Waals surface area (Å²) in [5.74, 6) is 0.711. The average Bonchev–Trinajstić information content (AvgIpc) is 3.39. The molecule has 2 aromatic heterocycles. The smallest absolute Gasteiger partial charge is 0.433 e. The highest BCUT2D eigenvalue weighted by atomic mass is 19.4. The average molecular weight is 600 g/mol. The van der Waals surface area contributed by atoms with Crippen LogP contribution in [0.15, 0.2) is 54.7 Å². The van der Waals surface area contributed by atoms with E-state index in [9.17, 15) is 23.1 Å². The van der Waals surface area contributed by atoms with Crippen molar-refractivity contribution in [1.29, 1.82) is 0 Å². The zero-order chi connectivity index (χ0) is 31.5. The molecular weight excluding hydrogens is 563 g/mol. The fourth-order valence-electron chi connectivity index (χ4n) is 5.11. The first-order valence-corrected chi connectivity index (χ1v) is 13.8. The van der Waals surface area contributed by atoms with Gasteiger partial charge >= 0.3 is 6.18 Å². The first-order valence-electron chi connectivity index (χ1n) is 13.8. The largest absolute Gasteiger partial charge is 0.497 e. The van der Waals surface area contributed by atoms with Crippen LogP contribution in [0.4, 0.5) is 13.2 Å². The van der Waals surface area contributed by atoms with Crippen molar-refractivity contribution in [2.45, 2.75) is 39.0 Å². The van der Waals surface area contributed by atoms with Crippen molar-refractivity contribution < 1.29 is 32.5 Å². The number of hydrogen-bond acceptors (Lipinski definition) is 7. The molecule has 0 aliphatic rings. The van der Waals surface area contributed by atoms with Gasteiger partial charge in [-0.1, -0.05) is 12.1 Å². The quantitative estimate of drug-likeness (QED) is 0.252. The summed E-state index contributed by atoms with van der Waals surface area (Å²) in [5.41, 5.74) is 0.0578. The van der Waals surface area contributed by atoms with Gasteiger partial charge in [0.15, 0.2) is 11.3 Å². The maximum Gasteiger partial charge on any atom is 0.433 e. The van der Waals surface area contributed by atoms with Crippen molar-refractivity contribution >= 4 is 11.6 Å². The highest BCUT2D eigenvalue weighted by Crippen LogP contribution is 2.37. The summed E-state index contributed by atoms with van der Waals surface area (Å²) in [5, 5.41) is 14.1. The monoisotopic (exact) mass is 599 g/mol. The lowest BCUT2D eigenvalue weighted by atomic mass is 10.0. The molecule has 0 radical (unpaired) electrons. The lowest BCUT2D eigenvalue weighted by molar-refractivity contribution is -0.143. The Bertz CT molecular complexity index is 1570. The molecule has 0 spiro atoms. The van der Waals surface area contributed by atoms with E-state index in [1.807, 2.05) is 50.1 Å². The number of carbonyl (C=O) groups is 1. The molecule has 4 rings (SSSR count). The predicted molar refractivity (Wildman–Crippen MR) is 156 cm³/mol. The third kappa shape index (κ3) is 6.60. The molecular formula is C31H36F3N5O4. The fraction of sp³-hybridized carbons (Fsp3) is 0.387. The van der Waals surface area contributed by atoms with Crippen LogP contribution in [0, 0.1) is 6.92 Å². The molecule has 1 N–H and O–H groups in total. The van der Waals surface area contributed by atoms with Crippen LogP contribution in [-0.2, 0) is 6.18 Å². The van der Waals surface area contributed by atoms with E-state index in [-0.39, 0.29) is 47.7 Å². The Morgan fingerprint density at radius 1 is 1.05 bits per heavy atom. The Labute approximate surface area is 248 Å². The summed E-state index contributed by atoms with van der Waals surface area (Å²) in [6, 6.07) is 13.3. The van der Waals surface area contributed by atoms with Crippen molar-refractivity contribution in [2.75, 3.05) is 41.0 Å². The first kappa shape index (κ1) is 31.8. The number of ether oxygens (including phenoxy) is 2. The number of hydrogen-bond donors (Lipinski definition) is 1. The number of methoxy groups -OCH3 is 2. The van der Waals surface area contributed by atoms with E-state index in [0.29, 0.717) is 28.1 Å². The molecule has 1 atom stereocenters. The fourth-order valence-corrected chi connectivity index (χ4v) is 5.11. The Morgan fingerprint density at radius 3 is 2.30 bits per heavy atom. The topological polar surface area (TPSA) is 92.4 Å². The second kappa shape index (κ2) is 13.0. The van der Waals surface area contributed by atoms with E-state index in [0.717, 1.165) is 11.8 Å². The number of aliphatic hydroxyl groups is 1. The van der Waals surface area contributed by atoms with Gasteiger partial charge in [-0.2, -0.15) is 18.3 Å². The van der Waals surface area contributed by atoms with E-state index in [1.54, 1.807) is 36.3 Å². The van der Waals surface area contributed by atoms with Gasteiger partial charge < -0.3 is 19.5 Å². The van der Waals surface area contributed by atoms with Crippen LogP contribution < -0.4 is 9.47 Å². The number of halogens is 3. The summed E-state index contributed by atoms with van der Waals surface area (Å²) < 4.78 is 54.3. The normalized spacial score (nSPS) is 12.7. The molecule has 0 saturated heterocycles. The van der Waals surface area contributed by atoms with Gasteiger partial charge in [0.1, 0.15) is 17.1 Å². The summed E-state index contributed by atoms with van der Waals surface area (Å²) in [4.78, 5) is 21.9. The summed E-state index contributed by atoms with van der Waals surface area (Å²) >= 11 is 0. The molecule has 43 heavy (non-hydrogen) atoms. The van der Waals surface area contributed by atoms with Gasteiger partial charge in [0.25, 0.3) is 5.91 Å². The SMILES string of the molecule is COc1ccc(-c2nc3c(C(=O)N(CCN(C)[C@@H](CO)c4cccc(OC)c4)C(C)C)cnn3c(C(F)(F)F)c2C)cc1.